The van der Waals surface area contributed by atoms with Crippen molar-refractivity contribution in [3.8, 4) is 11.8 Å². The van der Waals surface area contributed by atoms with E-state index in [0.29, 0.717) is 15.6 Å². The first-order valence-corrected chi connectivity index (χ1v) is 11.7. The second-order valence-corrected chi connectivity index (χ2v) is 9.98. The number of benzene rings is 2. The van der Waals surface area contributed by atoms with Gasteiger partial charge in [-0.3, -0.25) is 9.78 Å². The van der Waals surface area contributed by atoms with Gasteiger partial charge < -0.3 is 0 Å². The zero-order valence-corrected chi connectivity index (χ0v) is 18.9. The van der Waals surface area contributed by atoms with Gasteiger partial charge in [-0.15, -0.1) is 0 Å². The van der Waals surface area contributed by atoms with E-state index in [1.165, 1.54) is 30.7 Å². The number of hydrogen-bond acceptors (Lipinski definition) is 3. The van der Waals surface area contributed by atoms with E-state index < -0.39 is 15.6 Å². The second kappa shape index (κ2) is 9.10. The fourth-order valence-corrected chi connectivity index (χ4v) is 4.60. The summed E-state index contributed by atoms with van der Waals surface area (Å²) in [4.78, 5) is 16.9. The van der Waals surface area contributed by atoms with Gasteiger partial charge in [0.25, 0.3) is 5.91 Å². The molecule has 3 rings (SSSR count). The third-order valence-corrected chi connectivity index (χ3v) is 6.48. The molecule has 0 saturated carbocycles. The van der Waals surface area contributed by atoms with Crippen LogP contribution < -0.4 is 0 Å². The Morgan fingerprint density at radius 2 is 1.76 bits per heavy atom. The van der Waals surface area contributed by atoms with Crippen molar-refractivity contribution in [2.45, 2.75) is 4.90 Å². The molecule has 8 heteroatoms. The summed E-state index contributed by atoms with van der Waals surface area (Å²) in [5.41, 5.74) is 1.53. The van der Waals surface area contributed by atoms with Gasteiger partial charge in [-0.05, 0) is 52.3 Å². The van der Waals surface area contributed by atoms with Crippen molar-refractivity contribution >= 4 is 54.8 Å². The zero-order valence-electron chi connectivity index (χ0n) is 15.0. The van der Waals surface area contributed by atoms with Gasteiger partial charge in [0.1, 0.15) is 0 Å². The average Bonchev–Trinajstić information content (AvgIpc) is 2.66. The predicted molar refractivity (Wildman–Crippen MR) is 120 cm³/mol. The van der Waals surface area contributed by atoms with E-state index >= 15 is 0 Å². The molecule has 0 radical (unpaired) electrons. The Morgan fingerprint density at radius 1 is 1.07 bits per heavy atom. The summed E-state index contributed by atoms with van der Waals surface area (Å²) < 4.78 is 17.7. The number of aromatic nitrogens is 1. The fraction of sp³-hybridized carbons (Fsp3) is 0.0476. The molecule has 0 aliphatic rings. The van der Waals surface area contributed by atoms with Crippen LogP contribution in [0, 0.1) is 11.8 Å². The second-order valence-electron chi connectivity index (χ2n) is 6.00. The predicted octanol–water partition coefficient (Wildman–Crippen LogP) is 5.85. The molecule has 0 aliphatic heterocycles. The maximum absolute atomic E-state index is 13.0. The third kappa shape index (κ3) is 5.68. The molecule has 0 aliphatic carbocycles. The van der Waals surface area contributed by atoms with Crippen molar-refractivity contribution in [1.29, 1.82) is 0 Å². The van der Waals surface area contributed by atoms with Crippen molar-refractivity contribution in [1.82, 2.24) is 4.98 Å². The van der Waals surface area contributed by atoms with Gasteiger partial charge in [0.2, 0.25) is 0 Å². The lowest BCUT2D eigenvalue weighted by molar-refractivity contribution is 0.100. The van der Waals surface area contributed by atoms with Crippen LogP contribution in [-0.4, -0.2) is 21.4 Å². The zero-order chi connectivity index (χ0) is 21.0. The van der Waals surface area contributed by atoms with Crippen molar-refractivity contribution in [3.63, 3.8) is 0 Å². The van der Waals surface area contributed by atoms with Crippen LogP contribution in [0.25, 0.3) is 0 Å². The van der Waals surface area contributed by atoms with E-state index in [9.17, 15) is 9.00 Å². The van der Waals surface area contributed by atoms with Crippen molar-refractivity contribution in [3.05, 3.63) is 92.1 Å². The SMILES string of the molecule is CS(=O)(=NC(=O)c1cncc(C#Cc2ccccc2Br)c1)c1cc(Cl)cc(Cl)c1. The van der Waals surface area contributed by atoms with Crippen LogP contribution in [0.5, 0.6) is 0 Å². The molecular formula is C21H13BrCl2N2O2S. The first-order chi connectivity index (χ1) is 13.7. The third-order valence-electron chi connectivity index (χ3n) is 3.73. The molecule has 0 fully saturated rings. The highest BCUT2D eigenvalue weighted by molar-refractivity contribution is 9.10. The van der Waals surface area contributed by atoms with Gasteiger partial charge in [0, 0.05) is 44.3 Å². The smallest absolute Gasteiger partial charge is 0.266 e. The minimum absolute atomic E-state index is 0.187. The summed E-state index contributed by atoms with van der Waals surface area (Å²) in [6.45, 7) is 0. The summed E-state index contributed by atoms with van der Waals surface area (Å²) in [5, 5.41) is 0.631. The molecule has 1 atom stereocenters. The Hall–Kier alpha value is -2.17. The van der Waals surface area contributed by atoms with E-state index in [4.69, 9.17) is 23.2 Å². The van der Waals surface area contributed by atoms with Crippen LogP contribution in [0.1, 0.15) is 21.5 Å². The minimum atomic E-state index is -3.04. The lowest BCUT2D eigenvalue weighted by Gasteiger charge is -2.05. The van der Waals surface area contributed by atoms with Crippen LogP contribution in [0.3, 0.4) is 0 Å². The quantitative estimate of drug-likeness (QED) is 0.409. The van der Waals surface area contributed by atoms with Gasteiger partial charge >= 0.3 is 0 Å². The van der Waals surface area contributed by atoms with Gasteiger partial charge in [-0.1, -0.05) is 47.2 Å². The van der Waals surface area contributed by atoms with Crippen molar-refractivity contribution in [2.24, 2.45) is 4.36 Å². The topological polar surface area (TPSA) is 59.4 Å². The summed E-state index contributed by atoms with van der Waals surface area (Å²) in [5.74, 6) is 5.32. The number of pyridine rings is 1. The fourth-order valence-electron chi connectivity index (χ4n) is 2.34. The molecule has 1 aromatic heterocycles. The lowest BCUT2D eigenvalue weighted by Crippen LogP contribution is -2.04. The Kier molecular flexibility index (Phi) is 6.76. The largest absolute Gasteiger partial charge is 0.286 e. The monoisotopic (exact) mass is 506 g/mol. The molecule has 29 heavy (non-hydrogen) atoms. The summed E-state index contributed by atoms with van der Waals surface area (Å²) in [7, 11) is -3.04. The number of carbonyl (C=O) groups is 1. The van der Waals surface area contributed by atoms with Crippen LogP contribution in [-0.2, 0) is 9.73 Å². The maximum atomic E-state index is 13.0. The Balaban J connectivity index is 1.93. The molecule has 1 heterocycles. The number of hydrogen-bond donors (Lipinski definition) is 0. The number of halogens is 3. The van der Waals surface area contributed by atoms with Gasteiger partial charge in [-0.2, -0.15) is 4.36 Å². The van der Waals surface area contributed by atoms with E-state index in [1.807, 2.05) is 24.3 Å². The highest BCUT2D eigenvalue weighted by Crippen LogP contribution is 2.23. The molecule has 4 nitrogen and oxygen atoms in total. The minimum Gasteiger partial charge on any atom is -0.266 e. The molecule has 0 N–H and O–H groups in total. The van der Waals surface area contributed by atoms with Crippen molar-refractivity contribution in [2.75, 3.05) is 6.26 Å². The molecule has 1 unspecified atom stereocenters. The van der Waals surface area contributed by atoms with E-state index in [2.05, 4.69) is 37.1 Å². The lowest BCUT2D eigenvalue weighted by atomic mass is 10.2. The normalized spacial score (nSPS) is 12.4. The van der Waals surface area contributed by atoms with Crippen LogP contribution in [0.15, 0.2) is 74.7 Å². The Bertz CT molecular complexity index is 1270. The van der Waals surface area contributed by atoms with E-state index in [-0.39, 0.29) is 10.5 Å². The van der Waals surface area contributed by atoms with Gasteiger partial charge in [0.15, 0.2) is 0 Å². The summed E-state index contributed by atoms with van der Waals surface area (Å²) >= 11 is 15.4. The van der Waals surface area contributed by atoms with E-state index in [0.717, 1.165) is 10.0 Å². The first kappa shape index (κ1) is 21.5. The molecule has 3 aromatic rings. The summed E-state index contributed by atoms with van der Waals surface area (Å²) in [6.07, 6.45) is 4.26. The van der Waals surface area contributed by atoms with Crippen LogP contribution >= 0.6 is 39.1 Å². The molecule has 1 amide bonds. The van der Waals surface area contributed by atoms with Crippen LogP contribution in [0.4, 0.5) is 0 Å². The maximum Gasteiger partial charge on any atom is 0.286 e. The molecule has 146 valence electrons. The number of nitrogens with zero attached hydrogens (tertiary/aromatic N) is 2. The highest BCUT2D eigenvalue weighted by atomic mass is 79.9. The Morgan fingerprint density at radius 3 is 2.45 bits per heavy atom. The van der Waals surface area contributed by atoms with E-state index in [1.54, 1.807) is 12.3 Å². The molecular weight excluding hydrogens is 495 g/mol. The number of carbonyl (C=O) groups excluding carboxylic acids is 1. The molecule has 0 bridgehead atoms. The molecule has 0 spiro atoms. The van der Waals surface area contributed by atoms with Gasteiger partial charge in [-0.25, -0.2) is 4.21 Å². The Labute approximate surface area is 187 Å². The molecule has 0 saturated heterocycles. The first-order valence-electron chi connectivity index (χ1n) is 8.19. The average molecular weight is 508 g/mol. The number of amides is 1. The van der Waals surface area contributed by atoms with Crippen molar-refractivity contribution < 1.29 is 9.00 Å². The standard InChI is InChI=1S/C21H13BrCl2N2O2S/c1-29(28,19-10-17(23)9-18(24)11-19)26-21(27)16-8-14(12-25-13-16)6-7-15-4-2-3-5-20(15)22/h2-5,8-13H,1H3. The van der Waals surface area contributed by atoms with Crippen LogP contribution in [0.2, 0.25) is 10.0 Å². The summed E-state index contributed by atoms with van der Waals surface area (Å²) in [6, 6.07) is 13.6. The molecule has 2 aromatic carbocycles. The highest BCUT2D eigenvalue weighted by Gasteiger charge is 2.13. The number of rotatable bonds is 2. The van der Waals surface area contributed by atoms with Gasteiger partial charge in [0.05, 0.1) is 20.2 Å².